The molecule has 1 unspecified atom stereocenters. The molecule has 1 heterocycles. The van der Waals surface area contributed by atoms with Gasteiger partial charge in [0.1, 0.15) is 6.04 Å². The quantitative estimate of drug-likeness (QED) is 0.427. The van der Waals surface area contributed by atoms with Crippen molar-refractivity contribution in [3.63, 3.8) is 0 Å². The zero-order valence-electron chi connectivity index (χ0n) is 23.0. The van der Waals surface area contributed by atoms with E-state index in [1.807, 2.05) is 34.6 Å². The molecule has 0 bridgehead atoms. The Labute approximate surface area is 207 Å². The van der Waals surface area contributed by atoms with Gasteiger partial charge in [0, 0.05) is 18.7 Å². The van der Waals surface area contributed by atoms with Gasteiger partial charge >= 0.3 is 5.97 Å². The van der Waals surface area contributed by atoms with Crippen LogP contribution in [0.25, 0.3) is 0 Å². The van der Waals surface area contributed by atoms with E-state index in [-0.39, 0.29) is 35.4 Å². The van der Waals surface area contributed by atoms with Crippen LogP contribution in [0.4, 0.5) is 0 Å². The molecule has 2 N–H and O–H groups in total. The number of rotatable bonds is 11. The van der Waals surface area contributed by atoms with Gasteiger partial charge in [0.2, 0.25) is 11.8 Å². The summed E-state index contributed by atoms with van der Waals surface area (Å²) in [6.45, 7) is 16.6. The first-order valence-corrected chi connectivity index (χ1v) is 13.0. The number of unbranched alkanes of at least 4 members (excludes halogenated alkanes) is 1. The van der Waals surface area contributed by atoms with Crippen LogP contribution in [0.3, 0.4) is 0 Å². The summed E-state index contributed by atoms with van der Waals surface area (Å²) >= 11 is 0. The van der Waals surface area contributed by atoms with Crippen molar-refractivity contribution in [2.24, 2.45) is 11.3 Å². The Morgan fingerprint density at radius 3 is 2.29 bits per heavy atom. The van der Waals surface area contributed by atoms with Crippen molar-refractivity contribution >= 4 is 17.8 Å². The molecule has 1 aliphatic rings. The van der Waals surface area contributed by atoms with E-state index in [9.17, 15) is 19.5 Å². The van der Waals surface area contributed by atoms with Gasteiger partial charge in [-0.2, -0.15) is 0 Å². The van der Waals surface area contributed by atoms with E-state index >= 15 is 0 Å². The fourth-order valence-electron chi connectivity index (χ4n) is 4.74. The molecular formula is C27H49N3O4. The Morgan fingerprint density at radius 1 is 1.18 bits per heavy atom. The first kappa shape index (κ1) is 30.1. The summed E-state index contributed by atoms with van der Waals surface area (Å²) in [5, 5.41) is 12.4. The lowest BCUT2D eigenvalue weighted by atomic mass is 9.84. The smallest absolute Gasteiger partial charge is 0.331 e. The van der Waals surface area contributed by atoms with E-state index in [0.29, 0.717) is 6.04 Å². The normalized spacial score (nSPS) is 20.5. The Balaban J connectivity index is 3.14. The first-order chi connectivity index (χ1) is 15.7. The molecule has 0 spiro atoms. The zero-order chi connectivity index (χ0) is 26.2. The van der Waals surface area contributed by atoms with Crippen molar-refractivity contribution < 1.29 is 19.5 Å². The topological polar surface area (TPSA) is 90.0 Å². The van der Waals surface area contributed by atoms with Gasteiger partial charge in [0.05, 0.1) is 12.1 Å². The Hall–Kier alpha value is -1.89. The molecule has 1 fully saturated rings. The highest BCUT2D eigenvalue weighted by atomic mass is 16.4. The van der Waals surface area contributed by atoms with Crippen LogP contribution >= 0.6 is 0 Å². The van der Waals surface area contributed by atoms with Gasteiger partial charge in [-0.25, -0.2) is 4.79 Å². The maximum atomic E-state index is 13.7. The van der Waals surface area contributed by atoms with Gasteiger partial charge in [0.15, 0.2) is 0 Å². The van der Waals surface area contributed by atoms with E-state index in [0.717, 1.165) is 45.1 Å². The van der Waals surface area contributed by atoms with E-state index in [4.69, 9.17) is 0 Å². The molecule has 2 amide bonds. The standard InChI is InChI=1S/C27H49N3O4/c1-10-11-14-20(5)30-16-13-12-15-21(30)24(31)28-23(27(6,7)8)25(32)29(9)22(18(2)3)17-19(4)26(33)34/h17-18,20-23H,10-16H2,1-9H3,(H,28,31)(H,33,34)/b19-17+/t20?,21-,22-,23-/m1/s1. The number of carbonyl (C=O) groups is 3. The number of hydrogen-bond donors (Lipinski definition) is 2. The van der Waals surface area contributed by atoms with E-state index in [1.165, 1.54) is 6.92 Å². The fraction of sp³-hybridized carbons (Fsp3) is 0.815. The second-order valence-electron chi connectivity index (χ2n) is 11.4. The largest absolute Gasteiger partial charge is 0.478 e. The first-order valence-electron chi connectivity index (χ1n) is 13.0. The van der Waals surface area contributed by atoms with Crippen LogP contribution in [0.1, 0.15) is 93.9 Å². The Kier molecular flexibility index (Phi) is 11.8. The number of likely N-dealkylation sites (tertiary alicyclic amines) is 1. The number of carboxylic acid groups (broad SMARTS) is 1. The third-order valence-electron chi connectivity index (χ3n) is 7.02. The number of nitrogens with one attached hydrogen (secondary N) is 1. The van der Waals surface area contributed by atoms with Crippen LogP contribution in [0.5, 0.6) is 0 Å². The average molecular weight is 480 g/mol. The van der Waals surface area contributed by atoms with Gasteiger partial charge < -0.3 is 15.3 Å². The molecule has 4 atom stereocenters. The van der Waals surface area contributed by atoms with Crippen LogP contribution in [0, 0.1) is 11.3 Å². The molecule has 0 aromatic heterocycles. The van der Waals surface area contributed by atoms with Crippen LogP contribution in [-0.4, -0.2) is 70.4 Å². The van der Waals surface area contributed by atoms with Crippen molar-refractivity contribution in [3.8, 4) is 0 Å². The summed E-state index contributed by atoms with van der Waals surface area (Å²) in [5.74, 6) is -1.26. The number of nitrogens with zero attached hydrogens (tertiary/aromatic N) is 2. The van der Waals surface area contributed by atoms with Gasteiger partial charge in [-0.1, -0.05) is 66.9 Å². The second-order valence-corrected chi connectivity index (χ2v) is 11.4. The summed E-state index contributed by atoms with van der Waals surface area (Å²) in [6, 6.07) is -0.986. The molecule has 0 aliphatic carbocycles. The predicted molar refractivity (Wildman–Crippen MR) is 138 cm³/mol. The Bertz CT molecular complexity index is 726. The lowest BCUT2D eigenvalue weighted by Gasteiger charge is -2.41. The third-order valence-corrected chi connectivity index (χ3v) is 7.02. The molecule has 1 saturated heterocycles. The highest BCUT2D eigenvalue weighted by molar-refractivity contribution is 5.91. The van der Waals surface area contributed by atoms with Crippen molar-refractivity contribution in [2.45, 2.75) is 118 Å². The molecule has 0 aromatic carbocycles. The maximum absolute atomic E-state index is 13.7. The monoisotopic (exact) mass is 479 g/mol. The minimum Gasteiger partial charge on any atom is -0.478 e. The molecule has 7 nitrogen and oxygen atoms in total. The van der Waals surface area contributed by atoms with E-state index in [2.05, 4.69) is 24.1 Å². The minimum absolute atomic E-state index is 0.0211. The van der Waals surface area contributed by atoms with E-state index < -0.39 is 17.4 Å². The molecule has 7 heteroatoms. The van der Waals surface area contributed by atoms with Gasteiger partial charge in [-0.05, 0) is 51.0 Å². The number of piperidine rings is 1. The number of hydrogen-bond acceptors (Lipinski definition) is 4. The second kappa shape index (κ2) is 13.3. The average Bonchev–Trinajstić information content (AvgIpc) is 2.76. The van der Waals surface area contributed by atoms with Crippen LogP contribution < -0.4 is 5.32 Å². The highest BCUT2D eigenvalue weighted by Gasteiger charge is 2.40. The van der Waals surface area contributed by atoms with Gasteiger partial charge in [0.25, 0.3) is 0 Å². The Morgan fingerprint density at radius 2 is 1.79 bits per heavy atom. The number of likely N-dealkylation sites (N-methyl/N-ethyl adjacent to an activating group) is 1. The summed E-state index contributed by atoms with van der Waals surface area (Å²) in [6.07, 6.45) is 7.88. The van der Waals surface area contributed by atoms with Gasteiger partial charge in [-0.3, -0.25) is 14.5 Å². The summed E-state index contributed by atoms with van der Waals surface area (Å²) < 4.78 is 0. The molecule has 196 valence electrons. The maximum Gasteiger partial charge on any atom is 0.331 e. The highest BCUT2D eigenvalue weighted by Crippen LogP contribution is 2.26. The van der Waals surface area contributed by atoms with Crippen LogP contribution in [0.2, 0.25) is 0 Å². The lowest BCUT2D eigenvalue weighted by Crippen LogP contribution is -2.60. The van der Waals surface area contributed by atoms with Crippen molar-refractivity contribution in [3.05, 3.63) is 11.6 Å². The SMILES string of the molecule is CCCCC(C)N1CCCC[C@@H]1C(=O)N[C@H](C(=O)N(C)[C@H](/C=C(\C)C(=O)O)C(C)C)C(C)(C)C. The van der Waals surface area contributed by atoms with E-state index in [1.54, 1.807) is 18.0 Å². The summed E-state index contributed by atoms with van der Waals surface area (Å²) in [7, 11) is 1.70. The number of carboxylic acids is 1. The molecule has 34 heavy (non-hydrogen) atoms. The van der Waals surface area contributed by atoms with Crippen LogP contribution in [0.15, 0.2) is 11.6 Å². The molecule has 0 radical (unpaired) electrons. The zero-order valence-corrected chi connectivity index (χ0v) is 23.0. The third kappa shape index (κ3) is 8.40. The van der Waals surface area contributed by atoms with Crippen molar-refractivity contribution in [1.29, 1.82) is 0 Å². The molecule has 0 saturated carbocycles. The molecule has 0 aromatic rings. The minimum atomic E-state index is -0.998. The number of aliphatic carboxylic acids is 1. The summed E-state index contributed by atoms with van der Waals surface area (Å²) in [5.41, 5.74) is -0.296. The molecule has 1 aliphatic heterocycles. The number of carbonyl (C=O) groups excluding carboxylic acids is 2. The van der Waals surface area contributed by atoms with Crippen molar-refractivity contribution in [1.82, 2.24) is 15.1 Å². The van der Waals surface area contributed by atoms with Crippen LogP contribution in [-0.2, 0) is 14.4 Å². The molecule has 1 rings (SSSR count). The fourth-order valence-corrected chi connectivity index (χ4v) is 4.74. The van der Waals surface area contributed by atoms with Gasteiger partial charge in [-0.15, -0.1) is 0 Å². The lowest BCUT2D eigenvalue weighted by molar-refractivity contribution is -0.142. The van der Waals surface area contributed by atoms with Crippen molar-refractivity contribution in [2.75, 3.05) is 13.6 Å². The summed E-state index contributed by atoms with van der Waals surface area (Å²) in [4.78, 5) is 42.5. The predicted octanol–water partition coefficient (Wildman–Crippen LogP) is 4.46. The molecular weight excluding hydrogens is 430 g/mol. The number of amides is 2.